The first kappa shape index (κ1) is 26.5. The molecule has 2 rings (SSSR count). The van der Waals surface area contributed by atoms with Crippen LogP contribution < -0.4 is 10.6 Å². The van der Waals surface area contributed by atoms with E-state index in [1.807, 2.05) is 0 Å². The van der Waals surface area contributed by atoms with Gasteiger partial charge in [-0.15, -0.1) is 0 Å². The molecule has 0 aliphatic rings. The molecule has 0 spiro atoms. The average molecular weight is 517 g/mol. The predicted molar refractivity (Wildman–Crippen MR) is 123 cm³/mol. The van der Waals surface area contributed by atoms with Gasteiger partial charge in [0, 0.05) is 24.8 Å². The van der Waals surface area contributed by atoms with Crippen molar-refractivity contribution >= 4 is 56.8 Å². The largest absolute Gasteiger partial charge is 0.454 e. The minimum Gasteiger partial charge on any atom is -0.454 e. The van der Waals surface area contributed by atoms with Gasteiger partial charge in [-0.1, -0.05) is 43.1 Å². The Bertz CT molecular complexity index is 1140. The number of hydrogen-bond acceptors (Lipinski definition) is 7. The van der Waals surface area contributed by atoms with Crippen molar-refractivity contribution < 1.29 is 27.5 Å². The van der Waals surface area contributed by atoms with Crippen LogP contribution in [0.25, 0.3) is 0 Å². The van der Waals surface area contributed by atoms with E-state index in [0.717, 1.165) is 0 Å². The van der Waals surface area contributed by atoms with Gasteiger partial charge in [0.2, 0.25) is 10.0 Å². The number of rotatable bonds is 10. The predicted octanol–water partition coefficient (Wildman–Crippen LogP) is 2.33. The molecule has 0 bridgehead atoms. The molecule has 1 aromatic heterocycles. The number of pyridine rings is 1. The first-order valence-electron chi connectivity index (χ1n) is 9.73. The number of carbonyl (C=O) groups excluding carboxylic acids is 3. The second-order valence-electron chi connectivity index (χ2n) is 6.49. The number of nitrogens with one attached hydrogen (secondary N) is 2. The highest BCUT2D eigenvalue weighted by Gasteiger charge is 2.22. The fourth-order valence-corrected chi connectivity index (χ4v) is 4.57. The van der Waals surface area contributed by atoms with Crippen LogP contribution in [-0.4, -0.2) is 61.7 Å². The van der Waals surface area contributed by atoms with Crippen molar-refractivity contribution in [2.45, 2.75) is 18.7 Å². The first-order valence-corrected chi connectivity index (χ1v) is 11.9. The molecule has 0 atom stereocenters. The van der Waals surface area contributed by atoms with Gasteiger partial charge in [0.05, 0.1) is 14.9 Å². The molecular formula is C20H22Cl2N4O6S. The molecule has 0 saturated carbocycles. The number of ether oxygens (including phenoxy) is 1. The van der Waals surface area contributed by atoms with Crippen LogP contribution in [0.3, 0.4) is 0 Å². The second kappa shape index (κ2) is 11.9. The maximum absolute atomic E-state index is 12.6. The zero-order chi connectivity index (χ0) is 24.6. The van der Waals surface area contributed by atoms with Crippen LogP contribution in [0.1, 0.15) is 24.2 Å². The van der Waals surface area contributed by atoms with Crippen LogP contribution in [0.5, 0.6) is 0 Å². The van der Waals surface area contributed by atoms with Gasteiger partial charge in [-0.25, -0.2) is 13.4 Å². The van der Waals surface area contributed by atoms with E-state index in [4.69, 9.17) is 27.9 Å². The Hall–Kier alpha value is -2.73. The third-order valence-corrected chi connectivity index (χ3v) is 6.80. The molecule has 0 aliphatic heterocycles. The van der Waals surface area contributed by atoms with Gasteiger partial charge in [0.1, 0.15) is 6.54 Å². The minimum absolute atomic E-state index is 0.0347. The number of aromatic nitrogens is 1. The van der Waals surface area contributed by atoms with Gasteiger partial charge in [-0.2, -0.15) is 4.31 Å². The average Bonchev–Trinajstić information content (AvgIpc) is 2.78. The molecule has 1 heterocycles. The Morgan fingerprint density at radius 3 is 2.45 bits per heavy atom. The lowest BCUT2D eigenvalue weighted by atomic mass is 10.2. The maximum Gasteiger partial charge on any atom is 0.325 e. The highest BCUT2D eigenvalue weighted by Crippen LogP contribution is 2.22. The van der Waals surface area contributed by atoms with Crippen LogP contribution in [0.2, 0.25) is 10.0 Å². The summed E-state index contributed by atoms with van der Waals surface area (Å²) in [5.74, 6) is -2.19. The van der Waals surface area contributed by atoms with E-state index < -0.39 is 41.0 Å². The van der Waals surface area contributed by atoms with Gasteiger partial charge in [0.25, 0.3) is 11.8 Å². The van der Waals surface area contributed by atoms with Crippen LogP contribution in [-0.2, 0) is 24.3 Å². The fraction of sp³-hybridized carbons (Fsp3) is 0.300. The normalized spacial score (nSPS) is 11.2. The standard InChI is InChI=1S/C20H22Cl2N4O6S/c1-3-26(4-2)33(30,31)15-7-5-6-13(8-15)20(29)24-11-18(28)32-12-17(27)25-19-16(22)9-14(21)10-23-19/h5-10H,3-4,11-12H2,1-2H3,(H,24,29)(H,23,25,27). The third kappa shape index (κ3) is 7.39. The Morgan fingerprint density at radius 2 is 1.82 bits per heavy atom. The number of anilines is 1. The SMILES string of the molecule is CCN(CC)S(=O)(=O)c1cccc(C(=O)NCC(=O)OCC(=O)Nc2ncc(Cl)cc2Cl)c1. The molecule has 2 amide bonds. The smallest absolute Gasteiger partial charge is 0.325 e. The van der Waals surface area contributed by atoms with E-state index in [1.165, 1.54) is 40.8 Å². The summed E-state index contributed by atoms with van der Waals surface area (Å²) in [6, 6.07) is 6.85. The summed E-state index contributed by atoms with van der Waals surface area (Å²) in [6.07, 6.45) is 1.28. The molecule has 0 saturated heterocycles. The molecular weight excluding hydrogens is 495 g/mol. The number of nitrogens with zero attached hydrogens (tertiary/aromatic N) is 2. The van der Waals surface area contributed by atoms with E-state index in [2.05, 4.69) is 15.6 Å². The summed E-state index contributed by atoms with van der Waals surface area (Å²) in [5.41, 5.74) is 0.0530. The number of hydrogen-bond donors (Lipinski definition) is 2. The summed E-state index contributed by atoms with van der Waals surface area (Å²) >= 11 is 11.6. The molecule has 2 N–H and O–H groups in total. The van der Waals surface area contributed by atoms with Crippen molar-refractivity contribution in [3.63, 3.8) is 0 Å². The molecule has 1 aromatic carbocycles. The number of amides is 2. The number of carbonyl (C=O) groups is 3. The Balaban J connectivity index is 1.89. The third-order valence-electron chi connectivity index (χ3n) is 4.26. The van der Waals surface area contributed by atoms with Gasteiger partial charge in [0.15, 0.2) is 12.4 Å². The highest BCUT2D eigenvalue weighted by atomic mass is 35.5. The zero-order valence-corrected chi connectivity index (χ0v) is 20.1. The van der Waals surface area contributed by atoms with Gasteiger partial charge >= 0.3 is 5.97 Å². The summed E-state index contributed by atoms with van der Waals surface area (Å²) in [6.45, 7) is 2.84. The van der Waals surface area contributed by atoms with Crippen molar-refractivity contribution in [1.29, 1.82) is 0 Å². The van der Waals surface area contributed by atoms with Crippen molar-refractivity contribution in [2.24, 2.45) is 0 Å². The Morgan fingerprint density at radius 1 is 1.12 bits per heavy atom. The van der Waals surface area contributed by atoms with Crippen LogP contribution in [0.15, 0.2) is 41.4 Å². The second-order valence-corrected chi connectivity index (χ2v) is 9.27. The van der Waals surface area contributed by atoms with Crippen LogP contribution in [0.4, 0.5) is 5.82 Å². The van der Waals surface area contributed by atoms with Gasteiger partial charge < -0.3 is 15.4 Å². The molecule has 0 fully saturated rings. The van der Waals surface area contributed by atoms with E-state index in [-0.39, 0.29) is 39.4 Å². The van der Waals surface area contributed by atoms with Gasteiger partial charge in [-0.3, -0.25) is 14.4 Å². The number of benzene rings is 1. The summed E-state index contributed by atoms with van der Waals surface area (Å²) in [4.78, 5) is 39.9. The van der Waals surface area contributed by atoms with Gasteiger partial charge in [-0.05, 0) is 24.3 Å². The molecule has 13 heteroatoms. The highest BCUT2D eigenvalue weighted by molar-refractivity contribution is 7.89. The summed E-state index contributed by atoms with van der Waals surface area (Å²) < 4.78 is 31.3. The topological polar surface area (TPSA) is 135 Å². The number of halogens is 2. The molecule has 0 radical (unpaired) electrons. The lowest BCUT2D eigenvalue weighted by Gasteiger charge is -2.18. The van der Waals surface area contributed by atoms with E-state index in [1.54, 1.807) is 13.8 Å². The summed E-state index contributed by atoms with van der Waals surface area (Å²) in [7, 11) is -3.74. The van der Waals surface area contributed by atoms with Crippen molar-refractivity contribution in [2.75, 3.05) is 31.6 Å². The molecule has 2 aromatic rings. The van der Waals surface area contributed by atoms with E-state index in [0.29, 0.717) is 0 Å². The van der Waals surface area contributed by atoms with E-state index >= 15 is 0 Å². The molecule has 0 aliphatic carbocycles. The monoisotopic (exact) mass is 516 g/mol. The molecule has 0 unspecified atom stereocenters. The van der Waals surface area contributed by atoms with Crippen LogP contribution >= 0.6 is 23.2 Å². The first-order chi connectivity index (χ1) is 15.6. The molecule has 33 heavy (non-hydrogen) atoms. The van der Waals surface area contributed by atoms with Crippen molar-refractivity contribution in [3.05, 3.63) is 52.1 Å². The number of esters is 1. The Kier molecular flexibility index (Phi) is 9.59. The summed E-state index contributed by atoms with van der Waals surface area (Å²) in [5, 5.41) is 5.08. The zero-order valence-electron chi connectivity index (χ0n) is 17.8. The fourth-order valence-electron chi connectivity index (χ4n) is 2.64. The van der Waals surface area contributed by atoms with E-state index in [9.17, 15) is 22.8 Å². The number of sulfonamides is 1. The van der Waals surface area contributed by atoms with Crippen molar-refractivity contribution in [1.82, 2.24) is 14.6 Å². The van der Waals surface area contributed by atoms with Crippen molar-refractivity contribution in [3.8, 4) is 0 Å². The van der Waals surface area contributed by atoms with Crippen LogP contribution in [0, 0.1) is 0 Å². The Labute approximate surface area is 201 Å². The quantitative estimate of drug-likeness (QED) is 0.462. The maximum atomic E-state index is 12.6. The molecule has 10 nitrogen and oxygen atoms in total. The lowest BCUT2D eigenvalue weighted by molar-refractivity contribution is -0.146. The minimum atomic E-state index is -3.74. The molecule has 178 valence electrons. The lowest BCUT2D eigenvalue weighted by Crippen LogP contribution is -2.33.